The van der Waals surface area contributed by atoms with Crippen LogP contribution in [0, 0.1) is 0 Å². The molecule has 19 heavy (non-hydrogen) atoms. The average Bonchev–Trinajstić information content (AvgIpc) is 2.71. The van der Waals surface area contributed by atoms with Gasteiger partial charge in [-0.3, -0.25) is 4.90 Å². The molecule has 1 N–H and O–H groups in total. The van der Waals surface area contributed by atoms with E-state index in [0.717, 1.165) is 39.1 Å². The van der Waals surface area contributed by atoms with Crippen molar-refractivity contribution in [2.24, 2.45) is 0 Å². The van der Waals surface area contributed by atoms with Gasteiger partial charge in [0, 0.05) is 44.8 Å². The molecule has 0 radical (unpaired) electrons. The van der Waals surface area contributed by atoms with Crippen LogP contribution in [0.3, 0.4) is 0 Å². The lowest BCUT2D eigenvalue weighted by Crippen LogP contribution is -2.52. The summed E-state index contributed by atoms with van der Waals surface area (Å²) in [5, 5.41) is 3.39. The van der Waals surface area contributed by atoms with Crippen LogP contribution >= 0.6 is 0 Å². The van der Waals surface area contributed by atoms with Gasteiger partial charge in [0.05, 0.1) is 11.5 Å². The standard InChI is InChI=1S/C13H27N3O2S/c1-3-13-10-16(8-7-15(13)2)6-5-14-12-4-9-19(17,18)11-12/h12-14H,3-11H2,1-2H3. The molecule has 2 aliphatic heterocycles. The topological polar surface area (TPSA) is 52.7 Å². The summed E-state index contributed by atoms with van der Waals surface area (Å²) in [7, 11) is -0.552. The van der Waals surface area contributed by atoms with E-state index in [1.165, 1.54) is 6.42 Å². The van der Waals surface area contributed by atoms with E-state index >= 15 is 0 Å². The Balaban J connectivity index is 1.66. The van der Waals surface area contributed by atoms with Crippen molar-refractivity contribution in [3.63, 3.8) is 0 Å². The van der Waals surface area contributed by atoms with E-state index < -0.39 is 9.84 Å². The van der Waals surface area contributed by atoms with Crippen LogP contribution in [0.4, 0.5) is 0 Å². The van der Waals surface area contributed by atoms with E-state index in [-0.39, 0.29) is 6.04 Å². The fraction of sp³-hybridized carbons (Fsp3) is 1.00. The highest BCUT2D eigenvalue weighted by molar-refractivity contribution is 7.91. The Labute approximate surface area is 117 Å². The van der Waals surface area contributed by atoms with Crippen LogP contribution in [0.1, 0.15) is 19.8 Å². The number of sulfone groups is 1. The van der Waals surface area contributed by atoms with Gasteiger partial charge in [-0.25, -0.2) is 8.42 Å². The van der Waals surface area contributed by atoms with Gasteiger partial charge in [-0.1, -0.05) is 6.92 Å². The highest BCUT2D eigenvalue weighted by Gasteiger charge is 2.27. The van der Waals surface area contributed by atoms with Crippen molar-refractivity contribution in [3.05, 3.63) is 0 Å². The number of hydrogen-bond donors (Lipinski definition) is 1. The summed E-state index contributed by atoms with van der Waals surface area (Å²) in [6.45, 7) is 7.57. The van der Waals surface area contributed by atoms with Gasteiger partial charge in [-0.2, -0.15) is 0 Å². The molecule has 2 rings (SSSR count). The van der Waals surface area contributed by atoms with Crippen LogP contribution in [0.5, 0.6) is 0 Å². The van der Waals surface area contributed by atoms with Crippen molar-refractivity contribution in [2.45, 2.75) is 31.8 Å². The number of nitrogens with zero attached hydrogens (tertiary/aromatic N) is 2. The first kappa shape index (κ1) is 15.2. The second-order valence-electron chi connectivity index (χ2n) is 5.90. The summed E-state index contributed by atoms with van der Waals surface area (Å²) in [6, 6.07) is 0.847. The van der Waals surface area contributed by atoms with Crippen molar-refractivity contribution < 1.29 is 8.42 Å². The molecule has 5 nitrogen and oxygen atoms in total. The normalized spacial score (nSPS) is 32.7. The Morgan fingerprint density at radius 1 is 1.32 bits per heavy atom. The maximum atomic E-state index is 11.4. The Morgan fingerprint density at radius 2 is 2.11 bits per heavy atom. The highest BCUT2D eigenvalue weighted by atomic mass is 32.2. The molecule has 0 amide bonds. The fourth-order valence-electron chi connectivity index (χ4n) is 3.04. The first-order chi connectivity index (χ1) is 9.00. The predicted molar refractivity (Wildman–Crippen MR) is 78.2 cm³/mol. The SMILES string of the molecule is CCC1CN(CCNC2CCS(=O)(=O)C2)CCN1C. The molecular weight excluding hydrogens is 262 g/mol. The third-order valence-electron chi connectivity index (χ3n) is 4.43. The first-order valence-corrected chi connectivity index (χ1v) is 9.18. The van der Waals surface area contributed by atoms with E-state index in [1.807, 2.05) is 0 Å². The smallest absolute Gasteiger partial charge is 0.151 e. The van der Waals surface area contributed by atoms with Crippen molar-refractivity contribution in [2.75, 3.05) is 51.3 Å². The van der Waals surface area contributed by atoms with Gasteiger partial charge in [-0.15, -0.1) is 0 Å². The van der Waals surface area contributed by atoms with Gasteiger partial charge in [0.25, 0.3) is 0 Å². The maximum absolute atomic E-state index is 11.4. The summed E-state index contributed by atoms with van der Waals surface area (Å²) < 4.78 is 22.7. The van der Waals surface area contributed by atoms with E-state index in [0.29, 0.717) is 17.5 Å². The van der Waals surface area contributed by atoms with Crippen LogP contribution < -0.4 is 5.32 Å². The van der Waals surface area contributed by atoms with Crippen LogP contribution in [-0.4, -0.2) is 81.6 Å². The van der Waals surface area contributed by atoms with E-state index in [9.17, 15) is 8.42 Å². The second kappa shape index (κ2) is 6.52. The zero-order valence-electron chi connectivity index (χ0n) is 12.1. The highest BCUT2D eigenvalue weighted by Crippen LogP contribution is 2.12. The molecule has 2 fully saturated rings. The monoisotopic (exact) mass is 289 g/mol. The number of piperazine rings is 1. The molecular formula is C13H27N3O2S. The zero-order valence-corrected chi connectivity index (χ0v) is 13.0. The minimum atomic E-state index is -2.75. The lowest BCUT2D eigenvalue weighted by atomic mass is 10.1. The molecule has 0 bridgehead atoms. The summed E-state index contributed by atoms with van der Waals surface area (Å²) >= 11 is 0. The largest absolute Gasteiger partial charge is 0.312 e. The molecule has 2 heterocycles. The molecule has 0 aromatic heterocycles. The van der Waals surface area contributed by atoms with E-state index in [2.05, 4.69) is 29.1 Å². The molecule has 2 unspecified atom stereocenters. The van der Waals surface area contributed by atoms with Gasteiger partial charge >= 0.3 is 0 Å². The number of nitrogens with one attached hydrogen (secondary N) is 1. The third kappa shape index (κ3) is 4.41. The van der Waals surface area contributed by atoms with Crippen LogP contribution in [0.15, 0.2) is 0 Å². The molecule has 2 aliphatic rings. The minimum absolute atomic E-state index is 0.180. The van der Waals surface area contributed by atoms with E-state index in [4.69, 9.17) is 0 Å². The van der Waals surface area contributed by atoms with Crippen molar-refractivity contribution >= 4 is 9.84 Å². The maximum Gasteiger partial charge on any atom is 0.151 e. The molecule has 6 heteroatoms. The molecule has 0 aromatic carbocycles. The molecule has 0 spiro atoms. The van der Waals surface area contributed by atoms with Gasteiger partial charge in [-0.05, 0) is 19.9 Å². The summed E-state index contributed by atoms with van der Waals surface area (Å²) in [5.74, 6) is 0.685. The first-order valence-electron chi connectivity index (χ1n) is 7.36. The molecule has 0 saturated carbocycles. The Hall–Kier alpha value is -0.170. The second-order valence-corrected chi connectivity index (χ2v) is 8.13. The van der Waals surface area contributed by atoms with Crippen LogP contribution in [0.25, 0.3) is 0 Å². The zero-order chi connectivity index (χ0) is 13.9. The molecule has 112 valence electrons. The molecule has 2 saturated heterocycles. The van der Waals surface area contributed by atoms with Crippen molar-refractivity contribution in [1.82, 2.24) is 15.1 Å². The molecule has 0 aliphatic carbocycles. The van der Waals surface area contributed by atoms with Gasteiger partial charge < -0.3 is 10.2 Å². The Kier molecular flexibility index (Phi) is 5.22. The van der Waals surface area contributed by atoms with Crippen LogP contribution in [-0.2, 0) is 9.84 Å². The van der Waals surface area contributed by atoms with E-state index in [1.54, 1.807) is 0 Å². The average molecular weight is 289 g/mol. The summed E-state index contributed by atoms with van der Waals surface area (Å²) in [4.78, 5) is 4.93. The fourth-order valence-corrected chi connectivity index (χ4v) is 4.74. The quantitative estimate of drug-likeness (QED) is 0.759. The van der Waals surface area contributed by atoms with Crippen LogP contribution in [0.2, 0.25) is 0 Å². The van der Waals surface area contributed by atoms with Crippen molar-refractivity contribution in [1.29, 1.82) is 0 Å². The van der Waals surface area contributed by atoms with Gasteiger partial charge in [0.1, 0.15) is 0 Å². The number of rotatable bonds is 5. The Bertz CT molecular complexity index is 385. The minimum Gasteiger partial charge on any atom is -0.312 e. The molecule has 0 aromatic rings. The van der Waals surface area contributed by atoms with Crippen molar-refractivity contribution in [3.8, 4) is 0 Å². The van der Waals surface area contributed by atoms with Gasteiger partial charge in [0.15, 0.2) is 9.84 Å². The number of hydrogen-bond acceptors (Lipinski definition) is 5. The van der Waals surface area contributed by atoms with Gasteiger partial charge in [0.2, 0.25) is 0 Å². The molecule has 2 atom stereocenters. The Morgan fingerprint density at radius 3 is 2.74 bits per heavy atom. The summed E-state index contributed by atoms with van der Waals surface area (Å²) in [5.41, 5.74) is 0. The summed E-state index contributed by atoms with van der Waals surface area (Å²) in [6.07, 6.45) is 1.98. The number of likely N-dealkylation sites (N-methyl/N-ethyl adjacent to an activating group) is 1. The lowest BCUT2D eigenvalue weighted by molar-refractivity contribution is 0.0935. The predicted octanol–water partition coefficient (Wildman–Crippen LogP) is -0.211. The lowest BCUT2D eigenvalue weighted by Gasteiger charge is -2.39. The third-order valence-corrected chi connectivity index (χ3v) is 6.19.